The molecular formula is C32H40FNO4. The van der Waals surface area contributed by atoms with Gasteiger partial charge in [0.25, 0.3) is 0 Å². The fourth-order valence-corrected chi connectivity index (χ4v) is 4.65. The van der Waals surface area contributed by atoms with Gasteiger partial charge in [-0.15, -0.1) is 0 Å². The summed E-state index contributed by atoms with van der Waals surface area (Å²) in [6, 6.07) is 13.5. The Kier molecular flexibility index (Phi) is 10.7. The largest absolute Gasteiger partial charge is 0.491 e. The number of esters is 1. The fourth-order valence-electron chi connectivity index (χ4n) is 4.65. The van der Waals surface area contributed by atoms with Crippen LogP contribution in [0.3, 0.4) is 0 Å². The third-order valence-electron chi connectivity index (χ3n) is 6.90. The molecule has 3 aromatic carbocycles. The molecule has 3 aromatic rings. The van der Waals surface area contributed by atoms with E-state index in [4.69, 9.17) is 14.2 Å². The van der Waals surface area contributed by atoms with Crippen molar-refractivity contribution in [3.63, 3.8) is 0 Å². The van der Waals surface area contributed by atoms with Crippen LogP contribution in [0, 0.1) is 33.5 Å². The van der Waals surface area contributed by atoms with Crippen molar-refractivity contribution in [2.24, 2.45) is 0 Å². The van der Waals surface area contributed by atoms with Gasteiger partial charge < -0.3 is 19.5 Å². The molecule has 0 unspecified atom stereocenters. The molecule has 0 amide bonds. The van der Waals surface area contributed by atoms with E-state index < -0.39 is 0 Å². The standard InChI is InChI=1S/C32H40FNO4/c1-7-36-16-17-38-32-23(5)21(3)31(22(4)24(32)6)27-11-9-10-25(18-27)20-34-28-14-12-26(29(33)19-28)13-15-30(35)37-8-2/h9-12,14,18-19,34H,7-8,13,15-17,20H2,1-6H3. The van der Waals surface area contributed by atoms with Crippen molar-refractivity contribution in [3.05, 3.63) is 81.7 Å². The number of anilines is 1. The number of ether oxygens (including phenoxy) is 3. The number of aryl methyl sites for hydroxylation is 1. The second-order valence-corrected chi connectivity index (χ2v) is 9.41. The first kappa shape index (κ1) is 29.2. The van der Waals surface area contributed by atoms with Crippen LogP contribution in [0.1, 0.15) is 53.6 Å². The molecule has 0 atom stereocenters. The predicted octanol–water partition coefficient (Wildman–Crippen LogP) is 7.25. The fraction of sp³-hybridized carbons (Fsp3) is 0.406. The molecule has 0 spiro atoms. The smallest absolute Gasteiger partial charge is 0.306 e. The van der Waals surface area contributed by atoms with Crippen LogP contribution in [-0.2, 0) is 27.2 Å². The Morgan fingerprint density at radius 1 is 0.895 bits per heavy atom. The van der Waals surface area contributed by atoms with Crippen LogP contribution >= 0.6 is 0 Å². The molecule has 0 aliphatic rings. The second-order valence-electron chi connectivity index (χ2n) is 9.41. The van der Waals surface area contributed by atoms with E-state index in [1.807, 2.05) is 13.0 Å². The van der Waals surface area contributed by atoms with E-state index in [1.54, 1.807) is 13.0 Å². The van der Waals surface area contributed by atoms with Crippen LogP contribution in [0.15, 0.2) is 42.5 Å². The number of benzene rings is 3. The number of nitrogens with one attached hydrogen (secondary N) is 1. The Labute approximate surface area is 226 Å². The summed E-state index contributed by atoms with van der Waals surface area (Å²) in [7, 11) is 0. The Hall–Kier alpha value is -3.38. The summed E-state index contributed by atoms with van der Waals surface area (Å²) in [5.74, 6) is 0.302. The Morgan fingerprint density at radius 2 is 1.63 bits per heavy atom. The van der Waals surface area contributed by atoms with E-state index >= 15 is 0 Å². The Morgan fingerprint density at radius 3 is 2.29 bits per heavy atom. The van der Waals surface area contributed by atoms with Crippen molar-refractivity contribution >= 4 is 11.7 Å². The molecule has 0 aliphatic carbocycles. The van der Waals surface area contributed by atoms with Gasteiger partial charge in [-0.25, -0.2) is 4.39 Å². The minimum Gasteiger partial charge on any atom is -0.491 e. The van der Waals surface area contributed by atoms with Gasteiger partial charge in [-0.1, -0.05) is 24.3 Å². The lowest BCUT2D eigenvalue weighted by atomic mass is 9.88. The van der Waals surface area contributed by atoms with Gasteiger partial charge in [0.1, 0.15) is 18.2 Å². The van der Waals surface area contributed by atoms with Gasteiger partial charge in [0, 0.05) is 25.3 Å². The first-order valence-electron chi connectivity index (χ1n) is 13.3. The van der Waals surface area contributed by atoms with Gasteiger partial charge in [0.15, 0.2) is 0 Å². The first-order chi connectivity index (χ1) is 18.3. The monoisotopic (exact) mass is 521 g/mol. The van der Waals surface area contributed by atoms with Gasteiger partial charge in [0.2, 0.25) is 0 Å². The molecule has 0 saturated heterocycles. The van der Waals surface area contributed by atoms with Crippen molar-refractivity contribution in [2.75, 3.05) is 31.7 Å². The van der Waals surface area contributed by atoms with Crippen molar-refractivity contribution in [1.29, 1.82) is 0 Å². The Balaban J connectivity index is 1.73. The number of carbonyl (C=O) groups excluding carboxylic acids is 1. The van der Waals surface area contributed by atoms with Crippen molar-refractivity contribution < 1.29 is 23.4 Å². The molecular weight excluding hydrogens is 481 g/mol. The SMILES string of the molecule is CCOCCOc1c(C)c(C)c(-c2cccc(CNc3ccc(CCC(=O)OCC)c(F)c3)c2)c(C)c1C. The number of hydrogen-bond acceptors (Lipinski definition) is 5. The molecule has 5 nitrogen and oxygen atoms in total. The van der Waals surface area contributed by atoms with E-state index in [1.165, 1.54) is 22.8 Å². The second kappa shape index (κ2) is 14.0. The molecule has 1 N–H and O–H groups in total. The quantitative estimate of drug-likeness (QED) is 0.190. The molecule has 0 saturated carbocycles. The van der Waals surface area contributed by atoms with E-state index in [2.05, 4.69) is 57.3 Å². The predicted molar refractivity (Wildman–Crippen MR) is 151 cm³/mol. The molecule has 0 heterocycles. The summed E-state index contributed by atoms with van der Waals surface area (Å²) in [6.07, 6.45) is 0.489. The lowest BCUT2D eigenvalue weighted by Gasteiger charge is -2.21. The third-order valence-corrected chi connectivity index (χ3v) is 6.90. The highest BCUT2D eigenvalue weighted by Gasteiger charge is 2.17. The van der Waals surface area contributed by atoms with Gasteiger partial charge >= 0.3 is 5.97 Å². The van der Waals surface area contributed by atoms with Gasteiger partial charge in [-0.2, -0.15) is 0 Å². The summed E-state index contributed by atoms with van der Waals surface area (Å²) in [5.41, 5.74) is 9.34. The highest BCUT2D eigenvalue weighted by Crippen LogP contribution is 2.38. The molecule has 0 aliphatic heterocycles. The molecule has 0 radical (unpaired) electrons. The van der Waals surface area contributed by atoms with Crippen molar-refractivity contribution in [2.45, 2.75) is 60.9 Å². The van der Waals surface area contributed by atoms with Gasteiger partial charge in [-0.3, -0.25) is 4.79 Å². The summed E-state index contributed by atoms with van der Waals surface area (Å²) in [5, 5.41) is 3.32. The first-order valence-corrected chi connectivity index (χ1v) is 13.3. The minimum absolute atomic E-state index is 0.169. The minimum atomic E-state index is -0.325. The highest BCUT2D eigenvalue weighted by molar-refractivity contribution is 5.76. The number of carbonyl (C=O) groups is 1. The average Bonchev–Trinajstić information content (AvgIpc) is 2.90. The summed E-state index contributed by atoms with van der Waals surface area (Å²) in [6.45, 7) is 14.9. The van der Waals surface area contributed by atoms with Crippen LogP contribution in [0.2, 0.25) is 0 Å². The lowest BCUT2D eigenvalue weighted by molar-refractivity contribution is -0.143. The summed E-state index contributed by atoms with van der Waals surface area (Å²) >= 11 is 0. The zero-order valence-corrected chi connectivity index (χ0v) is 23.5. The summed E-state index contributed by atoms with van der Waals surface area (Å²) < 4.78 is 31.1. The number of rotatable bonds is 13. The van der Waals surface area contributed by atoms with E-state index in [0.717, 1.165) is 28.0 Å². The lowest BCUT2D eigenvalue weighted by Crippen LogP contribution is -2.10. The topological polar surface area (TPSA) is 56.8 Å². The van der Waals surface area contributed by atoms with Crippen LogP contribution in [0.4, 0.5) is 10.1 Å². The maximum Gasteiger partial charge on any atom is 0.306 e. The van der Waals surface area contributed by atoms with E-state index in [0.29, 0.717) is 50.6 Å². The van der Waals surface area contributed by atoms with Crippen LogP contribution in [0.5, 0.6) is 5.75 Å². The molecule has 204 valence electrons. The van der Waals surface area contributed by atoms with E-state index in [-0.39, 0.29) is 18.2 Å². The van der Waals surface area contributed by atoms with Gasteiger partial charge in [0.05, 0.1) is 13.2 Å². The average molecular weight is 522 g/mol. The normalized spacial score (nSPS) is 10.9. The number of hydrogen-bond donors (Lipinski definition) is 1. The molecule has 0 aromatic heterocycles. The highest BCUT2D eigenvalue weighted by atomic mass is 19.1. The van der Waals surface area contributed by atoms with Crippen LogP contribution in [0.25, 0.3) is 11.1 Å². The molecule has 0 fully saturated rings. The number of halogens is 1. The van der Waals surface area contributed by atoms with Crippen molar-refractivity contribution in [3.8, 4) is 16.9 Å². The van der Waals surface area contributed by atoms with E-state index in [9.17, 15) is 9.18 Å². The van der Waals surface area contributed by atoms with Crippen LogP contribution in [-0.4, -0.2) is 32.4 Å². The van der Waals surface area contributed by atoms with Crippen LogP contribution < -0.4 is 10.1 Å². The Bertz CT molecular complexity index is 1230. The maximum absolute atomic E-state index is 14.6. The molecule has 3 rings (SSSR count). The summed E-state index contributed by atoms with van der Waals surface area (Å²) in [4.78, 5) is 11.6. The van der Waals surface area contributed by atoms with Crippen molar-refractivity contribution in [1.82, 2.24) is 0 Å². The zero-order valence-electron chi connectivity index (χ0n) is 23.5. The molecule has 6 heteroatoms. The zero-order chi connectivity index (χ0) is 27.7. The molecule has 38 heavy (non-hydrogen) atoms. The van der Waals surface area contributed by atoms with Gasteiger partial charge in [-0.05, 0) is 111 Å². The maximum atomic E-state index is 14.6. The third kappa shape index (κ3) is 7.35. The molecule has 0 bridgehead atoms.